The fourth-order valence-corrected chi connectivity index (χ4v) is 2.27. The molecular formula is C13H28ClNO3Si. The lowest BCUT2D eigenvalue weighted by molar-refractivity contribution is -0.878. The summed E-state index contributed by atoms with van der Waals surface area (Å²) >= 11 is 0. The van der Waals surface area contributed by atoms with Gasteiger partial charge in [-0.15, -0.1) is 0 Å². The lowest BCUT2D eigenvalue weighted by Crippen LogP contribution is -3.00. The van der Waals surface area contributed by atoms with Gasteiger partial charge in [0.25, 0.3) is 0 Å². The quantitative estimate of drug-likeness (QED) is 0.328. The molecule has 0 radical (unpaired) electrons. The minimum absolute atomic E-state index is 0. The van der Waals surface area contributed by atoms with Crippen molar-refractivity contribution < 1.29 is 30.2 Å². The second kappa shape index (κ2) is 12.6. The number of quaternary nitrogens is 1. The van der Waals surface area contributed by atoms with Crippen LogP contribution in [-0.4, -0.2) is 61.8 Å². The lowest BCUT2D eigenvalue weighted by atomic mass is 10.4. The third-order valence-electron chi connectivity index (χ3n) is 2.35. The van der Waals surface area contributed by atoms with Crippen LogP contribution in [0.2, 0.25) is 0 Å². The maximum absolute atomic E-state index is 4.96. The Morgan fingerprint density at radius 3 is 1.32 bits per heavy atom. The summed E-state index contributed by atoms with van der Waals surface area (Å²) in [5, 5.41) is 0. The molecule has 0 bridgehead atoms. The molecule has 6 heteroatoms. The van der Waals surface area contributed by atoms with E-state index in [4.69, 9.17) is 13.3 Å². The summed E-state index contributed by atoms with van der Waals surface area (Å²) in [5.41, 5.74) is 1.58. The first-order valence-electron chi connectivity index (χ1n) is 5.69. The highest BCUT2D eigenvalue weighted by Crippen LogP contribution is 2.04. The van der Waals surface area contributed by atoms with Gasteiger partial charge in [-0.1, -0.05) is 19.7 Å². The average molecular weight is 310 g/mol. The smallest absolute Gasteiger partial charge is 0.528 e. The van der Waals surface area contributed by atoms with Crippen molar-refractivity contribution in [2.45, 2.75) is 0 Å². The first-order chi connectivity index (χ1) is 8.36. The molecule has 0 atom stereocenters. The van der Waals surface area contributed by atoms with Crippen molar-refractivity contribution in [2.24, 2.45) is 0 Å². The van der Waals surface area contributed by atoms with Gasteiger partial charge in [0.2, 0.25) is 0 Å². The van der Waals surface area contributed by atoms with Gasteiger partial charge < -0.3 is 30.2 Å². The summed E-state index contributed by atoms with van der Waals surface area (Å²) in [6.45, 7) is 12.9. The number of hydrogen-bond donors (Lipinski definition) is 0. The average Bonchev–Trinajstić information content (AvgIpc) is 2.33. The first-order valence-corrected chi connectivity index (χ1v) is 7.50. The van der Waals surface area contributed by atoms with E-state index in [0.717, 1.165) is 17.6 Å². The summed E-state index contributed by atoms with van der Waals surface area (Å²) < 4.78 is 15.8. The Kier molecular flexibility index (Phi) is 15.7. The predicted octanol–water partition coefficient (Wildman–Crippen LogP) is -0.971. The highest BCUT2D eigenvalue weighted by Gasteiger charge is 2.33. The molecule has 0 aliphatic carbocycles. The van der Waals surface area contributed by atoms with E-state index in [1.807, 2.05) is 12.2 Å². The molecule has 0 rings (SSSR count). The molecule has 0 aliphatic heterocycles. The van der Waals surface area contributed by atoms with E-state index >= 15 is 0 Å². The van der Waals surface area contributed by atoms with Crippen molar-refractivity contribution in [1.29, 1.82) is 0 Å². The third-order valence-corrected chi connectivity index (χ3v) is 4.56. The number of likely N-dealkylation sites (N-methyl/N-ethyl adjacent to an activating group) is 1. The third kappa shape index (κ3) is 11.1. The lowest BCUT2D eigenvalue weighted by Gasteiger charge is -2.26. The normalized spacial score (nSPS) is 10.6. The molecule has 19 heavy (non-hydrogen) atoms. The van der Waals surface area contributed by atoms with Gasteiger partial charge in [-0.25, -0.2) is 0 Å². The minimum atomic E-state index is -2.43. The minimum Gasteiger partial charge on any atom is -1.00 e. The SMILES string of the molecule is C=CC[N+](C)(C)CC=C.C=C[Si](OC)(OC)OC.[Cl-]. The van der Waals surface area contributed by atoms with Crippen LogP contribution in [0.5, 0.6) is 0 Å². The van der Waals surface area contributed by atoms with Crippen LogP contribution in [0.4, 0.5) is 0 Å². The number of nitrogens with zero attached hydrogens (tertiary/aromatic N) is 1. The van der Waals surface area contributed by atoms with Crippen LogP contribution in [0, 0.1) is 0 Å². The van der Waals surface area contributed by atoms with E-state index in [2.05, 4.69) is 33.8 Å². The van der Waals surface area contributed by atoms with E-state index < -0.39 is 8.80 Å². The molecule has 0 aliphatic rings. The molecule has 0 saturated carbocycles. The van der Waals surface area contributed by atoms with E-state index in [-0.39, 0.29) is 12.4 Å². The highest BCUT2D eigenvalue weighted by molar-refractivity contribution is 6.66. The molecule has 0 saturated heterocycles. The van der Waals surface area contributed by atoms with Crippen LogP contribution in [0.3, 0.4) is 0 Å². The van der Waals surface area contributed by atoms with Crippen molar-refractivity contribution in [3.05, 3.63) is 37.6 Å². The molecule has 0 fully saturated rings. The zero-order chi connectivity index (χ0) is 14.7. The van der Waals surface area contributed by atoms with Crippen LogP contribution >= 0.6 is 0 Å². The van der Waals surface area contributed by atoms with Crippen LogP contribution in [0.1, 0.15) is 0 Å². The van der Waals surface area contributed by atoms with Crippen LogP contribution in [-0.2, 0) is 13.3 Å². The molecular weight excluding hydrogens is 282 g/mol. The van der Waals surface area contributed by atoms with Crippen LogP contribution < -0.4 is 12.4 Å². The summed E-state index contributed by atoms with van der Waals surface area (Å²) in [7, 11) is 6.51. The van der Waals surface area contributed by atoms with E-state index in [9.17, 15) is 0 Å². The van der Waals surface area contributed by atoms with Gasteiger partial charge >= 0.3 is 8.80 Å². The maximum Gasteiger partial charge on any atom is 0.528 e. The van der Waals surface area contributed by atoms with Crippen molar-refractivity contribution in [3.63, 3.8) is 0 Å². The van der Waals surface area contributed by atoms with Crippen molar-refractivity contribution in [3.8, 4) is 0 Å². The van der Waals surface area contributed by atoms with Crippen molar-refractivity contribution in [1.82, 2.24) is 0 Å². The molecule has 0 aromatic carbocycles. The molecule has 114 valence electrons. The van der Waals surface area contributed by atoms with E-state index in [0.29, 0.717) is 0 Å². The second-order valence-electron chi connectivity index (χ2n) is 4.30. The maximum atomic E-state index is 4.96. The Balaban J connectivity index is -0.000000256. The van der Waals surface area contributed by atoms with E-state index in [1.165, 1.54) is 0 Å². The van der Waals surface area contributed by atoms with Crippen LogP contribution in [0.25, 0.3) is 0 Å². The van der Waals surface area contributed by atoms with Gasteiger partial charge in [0.1, 0.15) is 0 Å². The topological polar surface area (TPSA) is 27.7 Å². The summed E-state index contributed by atoms with van der Waals surface area (Å²) in [6, 6.07) is 0. The molecule has 0 heterocycles. The summed E-state index contributed by atoms with van der Waals surface area (Å²) in [5.74, 6) is 0. The molecule has 0 amide bonds. The molecule has 0 N–H and O–H groups in total. The highest BCUT2D eigenvalue weighted by atomic mass is 35.5. The number of rotatable bonds is 8. The van der Waals surface area contributed by atoms with Crippen molar-refractivity contribution >= 4 is 8.80 Å². The summed E-state index contributed by atoms with van der Waals surface area (Å²) in [4.78, 5) is 0. The van der Waals surface area contributed by atoms with Gasteiger partial charge in [0.15, 0.2) is 0 Å². The Morgan fingerprint density at radius 2 is 1.21 bits per heavy atom. The van der Waals surface area contributed by atoms with Gasteiger partial charge in [-0.3, -0.25) is 0 Å². The van der Waals surface area contributed by atoms with Crippen molar-refractivity contribution in [2.75, 3.05) is 48.5 Å². The van der Waals surface area contributed by atoms with Crippen LogP contribution in [0.15, 0.2) is 37.6 Å². The monoisotopic (exact) mass is 309 g/mol. The molecule has 0 aromatic rings. The Labute approximate surface area is 125 Å². The predicted molar refractivity (Wildman–Crippen MR) is 79.2 cm³/mol. The molecule has 0 spiro atoms. The Hall–Kier alpha value is -0.433. The first kappa shape index (κ1) is 23.6. The van der Waals surface area contributed by atoms with E-state index in [1.54, 1.807) is 27.0 Å². The Morgan fingerprint density at radius 1 is 0.895 bits per heavy atom. The molecule has 0 unspecified atom stereocenters. The number of halogens is 1. The largest absolute Gasteiger partial charge is 1.00 e. The molecule has 0 aromatic heterocycles. The van der Waals surface area contributed by atoms with Gasteiger partial charge in [-0.2, -0.15) is 0 Å². The number of hydrogen-bond acceptors (Lipinski definition) is 3. The zero-order valence-electron chi connectivity index (χ0n) is 12.8. The van der Waals surface area contributed by atoms with Gasteiger partial charge in [0.05, 0.1) is 27.2 Å². The second-order valence-corrected chi connectivity index (χ2v) is 7.14. The summed E-state index contributed by atoms with van der Waals surface area (Å²) in [6.07, 6.45) is 3.87. The van der Waals surface area contributed by atoms with Gasteiger partial charge in [0, 0.05) is 21.3 Å². The molecule has 4 nitrogen and oxygen atoms in total. The zero-order valence-corrected chi connectivity index (χ0v) is 14.6. The van der Waals surface area contributed by atoms with Gasteiger partial charge in [-0.05, 0) is 17.9 Å². The Bertz CT molecular complexity index is 236. The standard InChI is InChI=1S/C8H16N.C5H12O3Si.ClH/c1-5-7-9(3,4)8-6-2;1-5-9(6-2,7-3)8-4;/h5-6H,1-2,7-8H2,3-4H3;5H,1H2,2-4H3;1H/q+1;;/p-1. The fraction of sp³-hybridized carbons (Fsp3) is 0.538. The fourth-order valence-electron chi connectivity index (χ4n) is 1.27.